The van der Waals surface area contributed by atoms with Crippen LogP contribution in [0.4, 0.5) is 0 Å². The Balaban J connectivity index is -0.000000579. The molecule has 0 fully saturated rings. The van der Waals surface area contributed by atoms with Crippen LogP contribution < -0.4 is 5.32 Å². The highest BCUT2D eigenvalue weighted by atomic mass is 16.5. The van der Waals surface area contributed by atoms with Crippen molar-refractivity contribution in [2.24, 2.45) is 0 Å². The van der Waals surface area contributed by atoms with E-state index >= 15 is 0 Å². The Morgan fingerprint density at radius 2 is 1.58 bits per heavy atom. The van der Waals surface area contributed by atoms with E-state index in [1.54, 1.807) is 6.92 Å². The molecule has 116 valence electrons. The lowest BCUT2D eigenvalue weighted by Gasteiger charge is -2.31. The third-order valence-electron chi connectivity index (χ3n) is 2.58. The highest BCUT2D eigenvalue weighted by Gasteiger charge is 2.23. The van der Waals surface area contributed by atoms with E-state index < -0.39 is 0 Å². The molecule has 0 bridgehead atoms. The molecule has 0 radical (unpaired) electrons. The smallest absolute Gasteiger partial charge is 0.129 e. The topological polar surface area (TPSA) is 38.3 Å². The van der Waals surface area contributed by atoms with Crippen LogP contribution in [0.2, 0.25) is 0 Å². The average Bonchev–Trinajstić information content (AvgIpc) is 2.39. The fourth-order valence-electron chi connectivity index (χ4n) is 0.997. The lowest BCUT2D eigenvalue weighted by molar-refractivity contribution is -0.119. The first-order chi connectivity index (χ1) is 8.68. The molecule has 0 saturated heterocycles. The monoisotopic (exact) mass is 273 g/mol. The third-order valence-corrected chi connectivity index (χ3v) is 2.58. The number of rotatable bonds is 7. The van der Waals surface area contributed by atoms with E-state index in [4.69, 9.17) is 4.74 Å². The second kappa shape index (κ2) is 12.4. The summed E-state index contributed by atoms with van der Waals surface area (Å²) in [6, 6.07) is 0. The second-order valence-corrected chi connectivity index (χ2v) is 5.38. The van der Waals surface area contributed by atoms with E-state index in [1.165, 1.54) is 0 Å². The Hall–Kier alpha value is -0.670. The summed E-state index contributed by atoms with van der Waals surface area (Å²) in [7, 11) is 1.92. The molecule has 0 aliphatic rings. The van der Waals surface area contributed by atoms with Crippen molar-refractivity contribution in [3.05, 3.63) is 13.2 Å². The number of carbonyl (C=O) groups is 1. The van der Waals surface area contributed by atoms with Crippen molar-refractivity contribution in [3.63, 3.8) is 0 Å². The summed E-state index contributed by atoms with van der Waals surface area (Å²) in [6.07, 6.45) is 1.37. The van der Waals surface area contributed by atoms with Gasteiger partial charge >= 0.3 is 0 Å². The molecule has 0 aromatic carbocycles. The Labute approximate surface area is 120 Å². The maximum Gasteiger partial charge on any atom is 0.129 e. The lowest BCUT2D eigenvalue weighted by atomic mass is 10.00. The average molecular weight is 273 g/mol. The number of Topliss-reactive ketones (excluding diaryl/α,β-unsaturated/α-hetero) is 1. The van der Waals surface area contributed by atoms with Crippen molar-refractivity contribution in [1.29, 1.82) is 0 Å². The molecule has 0 aliphatic heterocycles. The molecular weight excluding hydrogens is 238 g/mol. The number of likely N-dealkylation sites (N-methyl/N-ethyl adjacent to an activating group) is 1. The maximum absolute atomic E-state index is 10.9. The molecule has 3 nitrogen and oxygen atoms in total. The van der Waals surface area contributed by atoms with Gasteiger partial charge in [0.05, 0.1) is 12.2 Å². The first-order valence-corrected chi connectivity index (χ1v) is 7.01. The van der Waals surface area contributed by atoms with Crippen molar-refractivity contribution in [2.75, 3.05) is 13.7 Å². The van der Waals surface area contributed by atoms with Crippen molar-refractivity contribution >= 4 is 5.78 Å². The molecule has 0 rings (SSSR count). The predicted octanol–water partition coefficient (Wildman–Crippen LogP) is 3.98. The van der Waals surface area contributed by atoms with E-state index in [2.05, 4.69) is 32.3 Å². The molecular formula is C16H35NO2. The van der Waals surface area contributed by atoms with Gasteiger partial charge in [-0.1, -0.05) is 13.8 Å². The van der Waals surface area contributed by atoms with E-state index in [0.29, 0.717) is 13.0 Å². The van der Waals surface area contributed by atoms with Gasteiger partial charge in [0.2, 0.25) is 0 Å². The largest absolute Gasteiger partial charge is 0.374 e. The molecule has 19 heavy (non-hydrogen) atoms. The maximum atomic E-state index is 10.9. The van der Waals surface area contributed by atoms with Crippen molar-refractivity contribution in [2.45, 2.75) is 72.4 Å². The first-order valence-electron chi connectivity index (χ1n) is 7.01. The zero-order valence-corrected chi connectivity index (χ0v) is 14.4. The summed E-state index contributed by atoms with van der Waals surface area (Å²) < 4.78 is 5.82. The summed E-state index contributed by atoms with van der Waals surface area (Å²) >= 11 is 0. The Morgan fingerprint density at radius 3 is 1.89 bits per heavy atom. The Morgan fingerprint density at radius 1 is 1.16 bits per heavy atom. The van der Waals surface area contributed by atoms with Crippen LogP contribution >= 0.6 is 0 Å². The first kappa shape index (κ1) is 23.4. The van der Waals surface area contributed by atoms with Gasteiger partial charge in [0, 0.05) is 12.0 Å². The normalized spacial score (nSPS) is 10.7. The van der Waals surface area contributed by atoms with E-state index in [1.807, 2.05) is 34.7 Å². The SMILES string of the molecule is C=C.CC.CNC(C)(C)COC(C)(C)CCC(C)=O. The van der Waals surface area contributed by atoms with Crippen LogP contribution in [0, 0.1) is 0 Å². The summed E-state index contributed by atoms with van der Waals surface area (Å²) in [5, 5.41) is 3.19. The highest BCUT2D eigenvalue weighted by molar-refractivity contribution is 5.75. The van der Waals surface area contributed by atoms with Gasteiger partial charge in [-0.15, -0.1) is 13.2 Å². The summed E-state index contributed by atoms with van der Waals surface area (Å²) in [5.74, 6) is 0.222. The lowest BCUT2D eigenvalue weighted by Crippen LogP contribution is -2.43. The second-order valence-electron chi connectivity index (χ2n) is 5.38. The standard InChI is InChI=1S/C12H25NO2.C2H6.C2H4/c1-10(14)7-8-12(4,5)15-9-11(2,3)13-6;2*1-2/h13H,7-9H2,1-6H3;1-2H3;1-2H2. The zero-order chi connectivity index (χ0) is 16.1. The molecule has 0 aliphatic carbocycles. The number of carbonyl (C=O) groups excluding carboxylic acids is 1. The minimum absolute atomic E-state index is 0.0203. The summed E-state index contributed by atoms with van der Waals surface area (Å²) in [4.78, 5) is 10.9. The number of ketones is 1. The van der Waals surface area contributed by atoms with Gasteiger partial charge in [-0.3, -0.25) is 0 Å². The van der Waals surface area contributed by atoms with E-state index in [0.717, 1.165) is 6.42 Å². The molecule has 0 saturated carbocycles. The molecule has 3 heteroatoms. The van der Waals surface area contributed by atoms with Crippen LogP contribution in [0.15, 0.2) is 13.2 Å². The van der Waals surface area contributed by atoms with Crippen LogP contribution in [-0.4, -0.2) is 30.6 Å². The van der Waals surface area contributed by atoms with Gasteiger partial charge in [0.15, 0.2) is 0 Å². The molecule has 0 amide bonds. The quantitative estimate of drug-likeness (QED) is 0.713. The van der Waals surface area contributed by atoms with Gasteiger partial charge in [-0.25, -0.2) is 0 Å². The Bertz CT molecular complexity index is 223. The van der Waals surface area contributed by atoms with Gasteiger partial charge in [0.1, 0.15) is 5.78 Å². The molecule has 0 spiro atoms. The summed E-state index contributed by atoms with van der Waals surface area (Å²) in [6.45, 7) is 20.5. The molecule has 0 heterocycles. The van der Waals surface area contributed by atoms with Gasteiger partial charge in [-0.2, -0.15) is 0 Å². The zero-order valence-electron chi connectivity index (χ0n) is 14.4. The molecule has 1 N–H and O–H groups in total. The predicted molar refractivity (Wildman–Crippen MR) is 85.7 cm³/mol. The van der Waals surface area contributed by atoms with Crippen molar-refractivity contribution < 1.29 is 9.53 Å². The number of nitrogens with one attached hydrogen (secondary N) is 1. The Kier molecular flexibility index (Phi) is 15.2. The third kappa shape index (κ3) is 17.3. The van der Waals surface area contributed by atoms with Crippen LogP contribution in [0.5, 0.6) is 0 Å². The molecule has 0 atom stereocenters. The van der Waals surface area contributed by atoms with Gasteiger partial charge in [0.25, 0.3) is 0 Å². The number of ether oxygens (including phenoxy) is 1. The van der Waals surface area contributed by atoms with Crippen LogP contribution in [0.3, 0.4) is 0 Å². The van der Waals surface area contributed by atoms with Gasteiger partial charge in [-0.05, 0) is 48.1 Å². The highest BCUT2D eigenvalue weighted by Crippen LogP contribution is 2.19. The molecule has 0 unspecified atom stereocenters. The van der Waals surface area contributed by atoms with E-state index in [9.17, 15) is 4.79 Å². The fraction of sp³-hybridized carbons (Fsp3) is 0.812. The van der Waals surface area contributed by atoms with Gasteiger partial charge < -0.3 is 14.8 Å². The van der Waals surface area contributed by atoms with Crippen molar-refractivity contribution in [3.8, 4) is 0 Å². The van der Waals surface area contributed by atoms with Crippen molar-refractivity contribution in [1.82, 2.24) is 5.32 Å². The summed E-state index contributed by atoms with van der Waals surface area (Å²) in [5.41, 5.74) is -0.243. The van der Waals surface area contributed by atoms with Crippen LogP contribution in [0.1, 0.15) is 61.3 Å². The minimum atomic E-state index is -0.222. The molecule has 0 aromatic heterocycles. The minimum Gasteiger partial charge on any atom is -0.374 e. The molecule has 0 aromatic rings. The van der Waals surface area contributed by atoms with Crippen LogP contribution in [0.25, 0.3) is 0 Å². The van der Waals surface area contributed by atoms with E-state index in [-0.39, 0.29) is 16.9 Å². The van der Waals surface area contributed by atoms with Crippen LogP contribution in [-0.2, 0) is 9.53 Å². The number of hydrogen-bond acceptors (Lipinski definition) is 3. The number of hydrogen-bond donors (Lipinski definition) is 1. The fourth-order valence-corrected chi connectivity index (χ4v) is 0.997.